The number of carbonyl (C=O) groups is 2. The lowest BCUT2D eigenvalue weighted by atomic mass is 9.82. The van der Waals surface area contributed by atoms with Gasteiger partial charge in [0.05, 0.1) is 16.4 Å². The molecule has 0 saturated carbocycles. The van der Waals surface area contributed by atoms with E-state index in [1.165, 1.54) is 10.6 Å². The molecule has 3 aromatic rings. The van der Waals surface area contributed by atoms with Crippen LogP contribution in [0, 0.1) is 22.0 Å². The number of benzene rings is 1. The molecule has 2 aromatic heterocycles. The topological polar surface area (TPSA) is 134 Å². The van der Waals surface area contributed by atoms with Gasteiger partial charge in [0.1, 0.15) is 0 Å². The molecule has 34 heavy (non-hydrogen) atoms. The quantitative estimate of drug-likeness (QED) is 0.464. The van der Waals surface area contributed by atoms with Gasteiger partial charge >= 0.3 is 11.2 Å². The van der Waals surface area contributed by atoms with Crippen molar-refractivity contribution in [1.29, 1.82) is 0 Å². The maximum absolute atomic E-state index is 13.4. The van der Waals surface area contributed by atoms with Crippen LogP contribution in [0.15, 0.2) is 41.2 Å². The van der Waals surface area contributed by atoms with E-state index in [4.69, 9.17) is 0 Å². The lowest BCUT2D eigenvalue weighted by Gasteiger charge is -2.43. The van der Waals surface area contributed by atoms with Gasteiger partial charge in [0.25, 0.3) is 0 Å². The van der Waals surface area contributed by atoms with Gasteiger partial charge < -0.3 is 9.47 Å². The van der Waals surface area contributed by atoms with Crippen LogP contribution in [0.4, 0.5) is 11.5 Å². The van der Waals surface area contributed by atoms with Gasteiger partial charge in [0, 0.05) is 55.7 Å². The number of amides is 2. The van der Waals surface area contributed by atoms with E-state index >= 15 is 0 Å². The zero-order chi connectivity index (χ0) is 23.6. The molecular weight excluding hydrogens is 440 g/mol. The van der Waals surface area contributed by atoms with Crippen molar-refractivity contribution in [3.8, 4) is 0 Å². The second-order valence-electron chi connectivity index (χ2n) is 9.36. The van der Waals surface area contributed by atoms with Gasteiger partial charge in [-0.25, -0.2) is 0 Å². The predicted octanol–water partition coefficient (Wildman–Crippen LogP) is 1.63. The van der Waals surface area contributed by atoms with E-state index in [2.05, 4.69) is 10.2 Å². The van der Waals surface area contributed by atoms with Gasteiger partial charge in [-0.15, -0.1) is 0 Å². The summed E-state index contributed by atoms with van der Waals surface area (Å²) < 4.78 is 1.50. The molecule has 0 spiro atoms. The van der Waals surface area contributed by atoms with Crippen LogP contribution in [0.3, 0.4) is 0 Å². The number of rotatable bonds is 3. The average Bonchev–Trinajstić information content (AvgIpc) is 3.42. The number of pyridine rings is 1. The van der Waals surface area contributed by atoms with Crippen molar-refractivity contribution in [2.45, 2.75) is 25.3 Å². The molecule has 3 aliphatic heterocycles. The number of H-pyrrole nitrogens is 1. The van der Waals surface area contributed by atoms with Crippen molar-refractivity contribution >= 4 is 34.2 Å². The minimum atomic E-state index is -0.652. The maximum Gasteiger partial charge on any atom is 0.334 e. The zero-order valence-corrected chi connectivity index (χ0v) is 18.2. The molecule has 3 aliphatic rings. The zero-order valence-electron chi connectivity index (χ0n) is 18.2. The fourth-order valence-electron chi connectivity index (χ4n) is 5.74. The molecule has 2 bridgehead atoms. The van der Waals surface area contributed by atoms with Crippen LogP contribution in [-0.4, -0.2) is 56.0 Å². The van der Waals surface area contributed by atoms with Gasteiger partial charge in [0.2, 0.25) is 11.8 Å². The number of aromatic nitrogens is 3. The number of nitro groups is 1. The summed E-state index contributed by atoms with van der Waals surface area (Å²) in [6, 6.07) is 10.5. The summed E-state index contributed by atoms with van der Waals surface area (Å²) in [5.41, 5.74) is 0.557. The largest absolute Gasteiger partial charge is 0.341 e. The summed E-state index contributed by atoms with van der Waals surface area (Å²) in [6.45, 7) is 1.54. The highest BCUT2D eigenvalue weighted by molar-refractivity contribution is 6.05. The number of piperidine rings is 1. The fourth-order valence-corrected chi connectivity index (χ4v) is 5.74. The Labute approximate surface area is 193 Å². The number of nitrogens with one attached hydrogen (secondary N) is 1. The van der Waals surface area contributed by atoms with Crippen molar-refractivity contribution in [2.24, 2.45) is 11.8 Å². The fraction of sp³-hybridized carbons (Fsp3) is 0.391. The van der Waals surface area contributed by atoms with Gasteiger partial charge in [-0.1, -0.05) is 12.1 Å². The van der Waals surface area contributed by atoms with Gasteiger partial charge in [0.15, 0.2) is 5.82 Å². The molecule has 6 rings (SSSR count). The van der Waals surface area contributed by atoms with E-state index in [1.54, 1.807) is 15.9 Å². The Balaban J connectivity index is 1.22. The Morgan fingerprint density at radius 3 is 2.74 bits per heavy atom. The molecule has 1 unspecified atom stereocenters. The molecule has 5 heterocycles. The van der Waals surface area contributed by atoms with Crippen LogP contribution in [0.1, 0.15) is 24.5 Å². The Kier molecular flexibility index (Phi) is 4.54. The minimum Gasteiger partial charge on any atom is -0.341 e. The van der Waals surface area contributed by atoms with Crippen molar-refractivity contribution in [3.05, 3.63) is 62.6 Å². The molecule has 2 amide bonds. The molecule has 0 aliphatic carbocycles. The number of anilines is 1. The first-order valence-electron chi connectivity index (χ1n) is 11.3. The molecule has 1 N–H and O–H groups in total. The summed E-state index contributed by atoms with van der Waals surface area (Å²) in [5.74, 6) is -0.130. The van der Waals surface area contributed by atoms with Crippen LogP contribution in [0.5, 0.6) is 0 Å². The monoisotopic (exact) mass is 462 g/mol. The normalized spacial score (nSPS) is 23.9. The van der Waals surface area contributed by atoms with Gasteiger partial charge in [-0.2, -0.15) is 5.10 Å². The number of para-hydroxylation sites is 1. The molecule has 2 saturated heterocycles. The molecule has 174 valence electrons. The van der Waals surface area contributed by atoms with Crippen LogP contribution in [0.2, 0.25) is 0 Å². The lowest BCUT2D eigenvalue weighted by molar-refractivity contribution is -0.386. The van der Waals surface area contributed by atoms with E-state index in [0.717, 1.165) is 23.0 Å². The molecular formula is C23H22N6O5. The number of hydrogen-bond acceptors (Lipinski definition) is 6. The molecule has 2 fully saturated rings. The Morgan fingerprint density at radius 2 is 1.91 bits per heavy atom. The van der Waals surface area contributed by atoms with E-state index < -0.39 is 22.1 Å². The third kappa shape index (κ3) is 3.11. The highest BCUT2D eigenvalue weighted by atomic mass is 16.6. The van der Waals surface area contributed by atoms with Crippen molar-refractivity contribution in [3.63, 3.8) is 0 Å². The highest BCUT2D eigenvalue weighted by Gasteiger charge is 2.43. The first-order chi connectivity index (χ1) is 16.4. The second-order valence-corrected chi connectivity index (χ2v) is 9.36. The third-order valence-corrected chi connectivity index (χ3v) is 7.27. The first-order valence-corrected chi connectivity index (χ1v) is 11.3. The van der Waals surface area contributed by atoms with Crippen LogP contribution >= 0.6 is 0 Å². The van der Waals surface area contributed by atoms with Crippen LogP contribution in [-0.2, 0) is 16.1 Å². The molecule has 0 radical (unpaired) electrons. The van der Waals surface area contributed by atoms with Crippen molar-refractivity contribution in [2.75, 3.05) is 24.5 Å². The summed E-state index contributed by atoms with van der Waals surface area (Å²) in [7, 11) is 0. The predicted molar refractivity (Wildman–Crippen MR) is 121 cm³/mol. The number of aromatic amines is 1. The minimum absolute atomic E-state index is 0.0402. The third-order valence-electron chi connectivity index (χ3n) is 7.27. The summed E-state index contributed by atoms with van der Waals surface area (Å²) >= 11 is 0. The molecule has 11 nitrogen and oxygen atoms in total. The Bertz CT molecular complexity index is 1410. The average molecular weight is 462 g/mol. The van der Waals surface area contributed by atoms with E-state index in [0.29, 0.717) is 25.5 Å². The van der Waals surface area contributed by atoms with Gasteiger partial charge in [-0.05, 0) is 30.5 Å². The maximum atomic E-state index is 13.4. The summed E-state index contributed by atoms with van der Waals surface area (Å²) in [4.78, 5) is 52.7. The van der Waals surface area contributed by atoms with Crippen molar-refractivity contribution in [1.82, 2.24) is 19.7 Å². The SMILES string of the molecule is O=C(C1CC(=O)N(c2n[nH]c3ccccc23)C1)N1C[C@H]2C[C@@H](C1)c1ccc([N+](=O)[O-])c(=O)n1C2. The molecule has 3 atom stereocenters. The number of hydrogen-bond donors (Lipinski definition) is 1. The smallest absolute Gasteiger partial charge is 0.334 e. The molecule has 1 aromatic carbocycles. The highest BCUT2D eigenvalue weighted by Crippen LogP contribution is 2.37. The summed E-state index contributed by atoms with van der Waals surface area (Å²) in [6.07, 6.45) is 0.962. The second kappa shape index (κ2) is 7.51. The van der Waals surface area contributed by atoms with E-state index in [9.17, 15) is 24.5 Å². The Hall–Kier alpha value is -4.02. The lowest BCUT2D eigenvalue weighted by Crippen LogP contribution is -2.51. The first kappa shape index (κ1) is 20.6. The van der Waals surface area contributed by atoms with Crippen LogP contribution in [0.25, 0.3) is 10.9 Å². The summed E-state index contributed by atoms with van der Waals surface area (Å²) in [5, 5.41) is 19.2. The molecule has 11 heteroatoms. The van der Waals surface area contributed by atoms with E-state index in [-0.39, 0.29) is 36.6 Å². The number of nitrogens with zero attached hydrogens (tertiary/aromatic N) is 5. The van der Waals surface area contributed by atoms with Gasteiger partial charge in [-0.3, -0.25) is 34.5 Å². The Morgan fingerprint density at radius 1 is 1.09 bits per heavy atom. The van der Waals surface area contributed by atoms with Crippen molar-refractivity contribution < 1.29 is 14.5 Å². The number of carbonyl (C=O) groups excluding carboxylic acids is 2. The number of likely N-dealkylation sites (tertiary alicyclic amines) is 1. The standard InChI is InChI=1S/C23H22N6O5/c30-20-8-15(12-28(20)21-16-3-1-2-4-17(16)24-25-21)22(31)26-9-13-7-14(11-26)18-5-6-19(29(33)34)23(32)27(18)10-13/h1-6,13-15H,7-12H2,(H,24,25)/t13-,14+,15?/m1/s1. The van der Waals surface area contributed by atoms with Crippen LogP contribution < -0.4 is 10.5 Å². The number of fused-ring (bicyclic) bond motifs is 5. The van der Waals surface area contributed by atoms with E-state index in [1.807, 2.05) is 24.3 Å².